The van der Waals surface area contributed by atoms with Gasteiger partial charge in [-0.25, -0.2) is 0 Å². The van der Waals surface area contributed by atoms with Crippen LogP contribution < -0.4 is 0 Å². The number of Topliss-reactive ketones (excluding diaryl/α,β-unsaturated/α-hetero) is 1. The third-order valence-corrected chi connectivity index (χ3v) is 12.7. The van der Waals surface area contributed by atoms with E-state index in [1.165, 1.54) is 19.3 Å². The third kappa shape index (κ3) is 3.28. The zero-order valence-electron chi connectivity index (χ0n) is 23.3. The lowest BCUT2D eigenvalue weighted by atomic mass is 9.39. The zero-order chi connectivity index (χ0) is 24.9. The van der Waals surface area contributed by atoms with Crippen molar-refractivity contribution in [2.75, 3.05) is 13.2 Å². The highest BCUT2D eigenvalue weighted by Gasteiger charge is 2.72. The van der Waals surface area contributed by atoms with Gasteiger partial charge in [0.05, 0.1) is 19.3 Å². The summed E-state index contributed by atoms with van der Waals surface area (Å²) in [5.74, 6) is 1.96. The summed E-state index contributed by atoms with van der Waals surface area (Å²) in [6.07, 6.45) is 6.48. The SMILES string of the molecule is C[SiH](C)OC1CC2(OCCO2)C(C)(C)C2CC(=O)[C@@H]3[C@H](CC[C@]4(C)[C@@H](C(C)(C)C)CC[C@@H]34)[C@@]12C. The minimum absolute atomic E-state index is 0.0128. The first-order chi connectivity index (χ1) is 15.7. The lowest BCUT2D eigenvalue weighted by Gasteiger charge is -2.68. The third-order valence-electron chi connectivity index (χ3n) is 11.8. The highest BCUT2D eigenvalue weighted by atomic mass is 28.3. The summed E-state index contributed by atoms with van der Waals surface area (Å²) in [5.41, 5.74) is 0.346. The molecule has 2 unspecified atom stereocenters. The van der Waals surface area contributed by atoms with Gasteiger partial charge in [0.15, 0.2) is 14.8 Å². The first kappa shape index (κ1) is 25.4. The van der Waals surface area contributed by atoms with Crippen LogP contribution in [0.25, 0.3) is 0 Å². The molecule has 4 nitrogen and oxygen atoms in total. The first-order valence-electron chi connectivity index (χ1n) is 14.1. The van der Waals surface area contributed by atoms with E-state index >= 15 is 0 Å². The molecule has 34 heavy (non-hydrogen) atoms. The molecule has 5 heteroatoms. The summed E-state index contributed by atoms with van der Waals surface area (Å²) < 4.78 is 19.7. The van der Waals surface area contributed by atoms with Crippen LogP contribution in [0.1, 0.15) is 87.0 Å². The number of ketones is 1. The molecule has 4 aliphatic carbocycles. The fourth-order valence-electron chi connectivity index (χ4n) is 10.5. The number of fused-ring (bicyclic) bond motifs is 5. The van der Waals surface area contributed by atoms with Crippen LogP contribution in [0, 0.1) is 51.2 Å². The minimum atomic E-state index is -1.29. The maximum atomic E-state index is 14.2. The van der Waals surface area contributed by atoms with E-state index in [1.54, 1.807) is 0 Å². The molecule has 0 aromatic carbocycles. The molecule has 0 amide bonds. The molecule has 1 aliphatic heterocycles. The molecule has 1 spiro atoms. The second-order valence-corrected chi connectivity index (χ2v) is 17.3. The summed E-state index contributed by atoms with van der Waals surface area (Å²) in [4.78, 5) is 14.2. The summed E-state index contributed by atoms with van der Waals surface area (Å²) in [6.45, 7) is 22.8. The molecular weight excluding hydrogens is 440 g/mol. The van der Waals surface area contributed by atoms with Gasteiger partial charge in [-0.05, 0) is 73.3 Å². The van der Waals surface area contributed by atoms with Gasteiger partial charge in [-0.3, -0.25) is 4.79 Å². The van der Waals surface area contributed by atoms with Crippen molar-refractivity contribution in [3.63, 3.8) is 0 Å². The standard InChI is InChI=1S/C29H50O4Si/c1-25(2,3)21-11-10-18-24-19(12-13-27(18,21)6)28(7)22(16-20(24)30)26(4,5)29(31-14-15-32-29)17-23(28)33-34(8)9/h18-19,21-24,34H,10-17H2,1-9H3/t18-,19-,21+,22?,23?,24-,27-,28+/m0/s1. The molecule has 1 heterocycles. The quantitative estimate of drug-likeness (QED) is 0.431. The predicted octanol–water partition coefficient (Wildman–Crippen LogP) is 6.23. The van der Waals surface area contributed by atoms with Gasteiger partial charge in [-0.1, -0.05) is 48.5 Å². The number of carbonyl (C=O) groups is 1. The Kier molecular flexibility index (Phi) is 5.89. The van der Waals surface area contributed by atoms with Crippen LogP contribution >= 0.6 is 0 Å². The Bertz CT molecular complexity index is 824. The maximum absolute atomic E-state index is 14.2. The van der Waals surface area contributed by atoms with E-state index in [4.69, 9.17) is 13.9 Å². The van der Waals surface area contributed by atoms with Gasteiger partial charge in [-0.2, -0.15) is 0 Å². The molecule has 194 valence electrons. The molecule has 0 bridgehead atoms. The maximum Gasteiger partial charge on any atom is 0.176 e. The second-order valence-electron chi connectivity index (χ2n) is 14.9. The van der Waals surface area contributed by atoms with Crippen LogP contribution in [0.5, 0.6) is 0 Å². The van der Waals surface area contributed by atoms with Crippen molar-refractivity contribution < 1.29 is 18.7 Å². The van der Waals surface area contributed by atoms with E-state index in [0.717, 1.165) is 12.8 Å². The van der Waals surface area contributed by atoms with Crippen LogP contribution in [-0.2, 0) is 18.7 Å². The molecule has 5 aliphatic rings. The number of rotatable bonds is 2. The average molecular weight is 491 g/mol. The molecule has 0 aromatic heterocycles. The van der Waals surface area contributed by atoms with E-state index in [0.29, 0.717) is 48.6 Å². The van der Waals surface area contributed by atoms with Gasteiger partial charge in [0.2, 0.25) is 0 Å². The van der Waals surface area contributed by atoms with Crippen LogP contribution in [0.2, 0.25) is 13.1 Å². The van der Waals surface area contributed by atoms with Gasteiger partial charge in [0, 0.05) is 29.6 Å². The lowest BCUT2D eigenvalue weighted by molar-refractivity contribution is -0.320. The van der Waals surface area contributed by atoms with Crippen molar-refractivity contribution in [2.45, 2.75) is 112 Å². The van der Waals surface area contributed by atoms with Gasteiger partial charge in [0.1, 0.15) is 5.78 Å². The molecule has 8 atom stereocenters. The Morgan fingerprint density at radius 2 is 1.62 bits per heavy atom. The van der Waals surface area contributed by atoms with Crippen molar-refractivity contribution >= 4 is 14.8 Å². The molecule has 0 N–H and O–H groups in total. The van der Waals surface area contributed by atoms with Gasteiger partial charge < -0.3 is 13.9 Å². The van der Waals surface area contributed by atoms with Gasteiger partial charge in [0.25, 0.3) is 0 Å². The fraction of sp³-hybridized carbons (Fsp3) is 0.966. The van der Waals surface area contributed by atoms with Crippen molar-refractivity contribution in [1.82, 2.24) is 0 Å². The Morgan fingerprint density at radius 1 is 0.971 bits per heavy atom. The fourth-order valence-corrected chi connectivity index (χ4v) is 11.5. The Labute approximate surface area is 210 Å². The smallest absolute Gasteiger partial charge is 0.176 e. The molecule has 0 aromatic rings. The normalized spacial score (nSPS) is 47.5. The van der Waals surface area contributed by atoms with Crippen LogP contribution in [0.15, 0.2) is 0 Å². The number of hydrogen-bond donors (Lipinski definition) is 0. The monoisotopic (exact) mass is 490 g/mol. The van der Waals surface area contributed by atoms with E-state index in [9.17, 15) is 4.79 Å². The van der Waals surface area contributed by atoms with Crippen molar-refractivity contribution in [1.29, 1.82) is 0 Å². The number of hydrogen-bond acceptors (Lipinski definition) is 4. The van der Waals surface area contributed by atoms with E-state index in [2.05, 4.69) is 61.6 Å². The van der Waals surface area contributed by atoms with Crippen LogP contribution in [0.4, 0.5) is 0 Å². The molecule has 4 saturated carbocycles. The molecule has 0 radical (unpaired) electrons. The Morgan fingerprint density at radius 3 is 2.21 bits per heavy atom. The van der Waals surface area contributed by atoms with Crippen LogP contribution in [0.3, 0.4) is 0 Å². The highest BCUT2D eigenvalue weighted by Crippen LogP contribution is 2.72. The van der Waals surface area contributed by atoms with Gasteiger partial charge in [-0.15, -0.1) is 0 Å². The first-order valence-corrected chi connectivity index (χ1v) is 16.9. The molecule has 5 rings (SSSR count). The van der Waals surface area contributed by atoms with E-state index < -0.39 is 14.8 Å². The zero-order valence-corrected chi connectivity index (χ0v) is 24.5. The predicted molar refractivity (Wildman–Crippen MR) is 138 cm³/mol. The molecule has 5 fully saturated rings. The number of ether oxygens (including phenoxy) is 2. The van der Waals surface area contributed by atoms with Crippen molar-refractivity contribution in [3.05, 3.63) is 0 Å². The Hall–Kier alpha value is -0.233. The Balaban J connectivity index is 1.57. The van der Waals surface area contributed by atoms with E-state index in [1.807, 2.05) is 0 Å². The summed E-state index contributed by atoms with van der Waals surface area (Å²) >= 11 is 0. The summed E-state index contributed by atoms with van der Waals surface area (Å²) in [5, 5.41) is 0. The highest BCUT2D eigenvalue weighted by molar-refractivity contribution is 6.48. The molecular formula is C29H50O4Si. The topological polar surface area (TPSA) is 44.8 Å². The summed E-state index contributed by atoms with van der Waals surface area (Å²) in [7, 11) is -1.29. The molecule has 1 saturated heterocycles. The largest absolute Gasteiger partial charge is 0.417 e. The average Bonchev–Trinajstić information content (AvgIpc) is 3.33. The van der Waals surface area contributed by atoms with E-state index in [-0.39, 0.29) is 34.2 Å². The summed E-state index contributed by atoms with van der Waals surface area (Å²) in [6, 6.07) is 0. The van der Waals surface area contributed by atoms with Crippen molar-refractivity contribution in [3.8, 4) is 0 Å². The van der Waals surface area contributed by atoms with Gasteiger partial charge >= 0.3 is 0 Å². The minimum Gasteiger partial charge on any atom is -0.417 e. The van der Waals surface area contributed by atoms with Crippen LogP contribution in [-0.4, -0.2) is 39.9 Å². The van der Waals surface area contributed by atoms with Crippen molar-refractivity contribution in [2.24, 2.45) is 51.2 Å². The lowest BCUT2D eigenvalue weighted by Crippen LogP contribution is -2.70. The second kappa shape index (κ2) is 7.88. The number of carbonyl (C=O) groups excluding carboxylic acids is 1.